The van der Waals surface area contributed by atoms with Crippen molar-refractivity contribution in [3.8, 4) is 5.75 Å². The first kappa shape index (κ1) is 9.19. The number of rotatable bonds is 4. The molecule has 1 aromatic carbocycles. The molecular formula is C11H16N2O. The second kappa shape index (κ2) is 3.78. The Morgan fingerprint density at radius 3 is 2.07 bits per heavy atom. The minimum absolute atomic E-state index is 0.451. The predicted octanol–water partition coefficient (Wildman–Crippen LogP) is 2.31. The highest BCUT2D eigenvalue weighted by atomic mass is 16.5. The highest BCUT2D eigenvalue weighted by Crippen LogP contribution is 2.30. The normalized spacial score (nSPS) is 15.0. The van der Waals surface area contributed by atoms with Gasteiger partial charge in [-0.15, -0.1) is 0 Å². The lowest BCUT2D eigenvalue weighted by Crippen LogP contribution is -1.99. The lowest BCUT2D eigenvalue weighted by atomic mass is 10.2. The van der Waals surface area contributed by atoms with Gasteiger partial charge in [-0.1, -0.05) is 0 Å². The molecule has 1 fully saturated rings. The summed E-state index contributed by atoms with van der Waals surface area (Å²) in [6.45, 7) is 0. The van der Waals surface area contributed by atoms with Crippen LogP contribution in [0.5, 0.6) is 5.75 Å². The zero-order valence-corrected chi connectivity index (χ0v) is 8.63. The molecule has 1 aliphatic carbocycles. The van der Waals surface area contributed by atoms with Crippen LogP contribution in [-0.2, 0) is 0 Å². The summed E-state index contributed by atoms with van der Waals surface area (Å²) in [5, 5.41) is 6.23. The standard InChI is InChI=1S/C11H16N2O/c1-12-8-5-9(13-2)7-11(6-8)14-10-3-4-10/h5-7,10,12-13H,3-4H2,1-2H3. The predicted molar refractivity (Wildman–Crippen MR) is 59.2 cm³/mol. The van der Waals surface area contributed by atoms with E-state index >= 15 is 0 Å². The van der Waals surface area contributed by atoms with Crippen LogP contribution in [0.1, 0.15) is 12.8 Å². The van der Waals surface area contributed by atoms with Crippen LogP contribution in [0.4, 0.5) is 11.4 Å². The summed E-state index contributed by atoms with van der Waals surface area (Å²) < 4.78 is 5.73. The largest absolute Gasteiger partial charge is 0.490 e. The van der Waals surface area contributed by atoms with Gasteiger partial charge in [-0.3, -0.25) is 0 Å². The fourth-order valence-corrected chi connectivity index (χ4v) is 1.33. The van der Waals surface area contributed by atoms with E-state index in [2.05, 4.69) is 16.7 Å². The van der Waals surface area contributed by atoms with E-state index in [1.165, 1.54) is 12.8 Å². The van der Waals surface area contributed by atoms with Crippen molar-refractivity contribution in [2.24, 2.45) is 0 Å². The van der Waals surface area contributed by atoms with Gasteiger partial charge in [0, 0.05) is 37.6 Å². The van der Waals surface area contributed by atoms with Gasteiger partial charge in [0.2, 0.25) is 0 Å². The summed E-state index contributed by atoms with van der Waals surface area (Å²) in [6, 6.07) is 6.11. The smallest absolute Gasteiger partial charge is 0.123 e. The van der Waals surface area contributed by atoms with Crippen LogP contribution in [0.15, 0.2) is 18.2 Å². The molecule has 3 nitrogen and oxygen atoms in total. The Hall–Kier alpha value is -1.38. The van der Waals surface area contributed by atoms with Gasteiger partial charge in [-0.05, 0) is 18.9 Å². The Bertz CT molecular complexity index is 299. The molecule has 0 amide bonds. The van der Waals surface area contributed by atoms with E-state index in [1.807, 2.05) is 26.2 Å². The van der Waals surface area contributed by atoms with Crippen LogP contribution in [-0.4, -0.2) is 20.2 Å². The second-order valence-electron chi connectivity index (χ2n) is 3.56. The molecule has 1 aromatic rings. The number of nitrogens with one attached hydrogen (secondary N) is 2. The number of hydrogen-bond donors (Lipinski definition) is 2. The molecule has 1 aliphatic rings. The van der Waals surface area contributed by atoms with Crippen molar-refractivity contribution >= 4 is 11.4 Å². The maximum Gasteiger partial charge on any atom is 0.123 e. The highest BCUT2D eigenvalue weighted by Gasteiger charge is 2.23. The van der Waals surface area contributed by atoms with Gasteiger partial charge in [0.15, 0.2) is 0 Å². The number of benzene rings is 1. The molecule has 3 heteroatoms. The van der Waals surface area contributed by atoms with Gasteiger partial charge < -0.3 is 15.4 Å². The quantitative estimate of drug-likeness (QED) is 0.768. The Labute approximate surface area is 84.5 Å². The van der Waals surface area contributed by atoms with Crippen molar-refractivity contribution in [3.63, 3.8) is 0 Å². The Morgan fingerprint density at radius 2 is 1.64 bits per heavy atom. The lowest BCUT2D eigenvalue weighted by Gasteiger charge is -2.10. The molecule has 2 N–H and O–H groups in total. The molecule has 14 heavy (non-hydrogen) atoms. The molecule has 0 bridgehead atoms. The fraction of sp³-hybridized carbons (Fsp3) is 0.455. The zero-order valence-electron chi connectivity index (χ0n) is 8.63. The molecular weight excluding hydrogens is 176 g/mol. The van der Waals surface area contributed by atoms with Crippen molar-refractivity contribution < 1.29 is 4.74 Å². The topological polar surface area (TPSA) is 33.3 Å². The number of anilines is 2. The average molecular weight is 192 g/mol. The van der Waals surface area contributed by atoms with Crippen LogP contribution < -0.4 is 15.4 Å². The molecule has 0 aliphatic heterocycles. The van der Waals surface area contributed by atoms with Crippen molar-refractivity contribution in [1.29, 1.82) is 0 Å². The van der Waals surface area contributed by atoms with Crippen molar-refractivity contribution in [1.82, 2.24) is 0 Å². The molecule has 1 saturated carbocycles. The molecule has 0 radical (unpaired) electrons. The summed E-state index contributed by atoms with van der Waals surface area (Å²) in [7, 11) is 3.82. The summed E-state index contributed by atoms with van der Waals surface area (Å²) in [6.07, 6.45) is 2.84. The van der Waals surface area contributed by atoms with Gasteiger partial charge >= 0.3 is 0 Å². The first-order chi connectivity index (χ1) is 6.81. The van der Waals surface area contributed by atoms with E-state index in [9.17, 15) is 0 Å². The van der Waals surface area contributed by atoms with Crippen molar-refractivity contribution in [3.05, 3.63) is 18.2 Å². The molecule has 76 valence electrons. The number of ether oxygens (including phenoxy) is 1. The second-order valence-corrected chi connectivity index (χ2v) is 3.56. The van der Waals surface area contributed by atoms with E-state index in [0.717, 1.165) is 17.1 Å². The molecule has 0 atom stereocenters. The molecule has 0 heterocycles. The van der Waals surface area contributed by atoms with E-state index < -0.39 is 0 Å². The number of hydrogen-bond acceptors (Lipinski definition) is 3. The maximum atomic E-state index is 5.73. The maximum absolute atomic E-state index is 5.73. The first-order valence-corrected chi connectivity index (χ1v) is 4.99. The average Bonchev–Trinajstić information content (AvgIpc) is 3.01. The Balaban J connectivity index is 2.19. The molecule has 0 saturated heterocycles. The van der Waals surface area contributed by atoms with Crippen LogP contribution >= 0.6 is 0 Å². The van der Waals surface area contributed by atoms with E-state index in [1.54, 1.807) is 0 Å². The Morgan fingerprint density at radius 1 is 1.07 bits per heavy atom. The van der Waals surface area contributed by atoms with Crippen LogP contribution in [0.3, 0.4) is 0 Å². The van der Waals surface area contributed by atoms with Gasteiger partial charge in [-0.2, -0.15) is 0 Å². The molecule has 2 rings (SSSR count). The molecule has 0 spiro atoms. The van der Waals surface area contributed by atoms with Crippen molar-refractivity contribution in [2.45, 2.75) is 18.9 Å². The Kier molecular flexibility index (Phi) is 2.48. The van der Waals surface area contributed by atoms with Crippen LogP contribution in [0.2, 0.25) is 0 Å². The molecule has 0 unspecified atom stereocenters. The summed E-state index contributed by atoms with van der Waals surface area (Å²) in [5.41, 5.74) is 2.15. The van der Waals surface area contributed by atoms with Gasteiger partial charge in [0.25, 0.3) is 0 Å². The summed E-state index contributed by atoms with van der Waals surface area (Å²) >= 11 is 0. The third kappa shape index (κ3) is 2.10. The third-order valence-electron chi connectivity index (χ3n) is 2.31. The van der Waals surface area contributed by atoms with Crippen LogP contribution in [0, 0.1) is 0 Å². The first-order valence-electron chi connectivity index (χ1n) is 4.99. The minimum Gasteiger partial charge on any atom is -0.490 e. The molecule has 0 aromatic heterocycles. The fourth-order valence-electron chi connectivity index (χ4n) is 1.33. The van der Waals surface area contributed by atoms with Gasteiger partial charge in [-0.25, -0.2) is 0 Å². The van der Waals surface area contributed by atoms with Gasteiger partial charge in [0.05, 0.1) is 6.10 Å². The van der Waals surface area contributed by atoms with Crippen LogP contribution in [0.25, 0.3) is 0 Å². The monoisotopic (exact) mass is 192 g/mol. The van der Waals surface area contributed by atoms with E-state index in [-0.39, 0.29) is 0 Å². The highest BCUT2D eigenvalue weighted by molar-refractivity contribution is 5.60. The van der Waals surface area contributed by atoms with E-state index in [0.29, 0.717) is 6.10 Å². The van der Waals surface area contributed by atoms with Crippen molar-refractivity contribution in [2.75, 3.05) is 24.7 Å². The zero-order chi connectivity index (χ0) is 9.97. The van der Waals surface area contributed by atoms with Gasteiger partial charge in [0.1, 0.15) is 5.75 Å². The SMILES string of the molecule is CNc1cc(NC)cc(OC2CC2)c1. The minimum atomic E-state index is 0.451. The summed E-state index contributed by atoms with van der Waals surface area (Å²) in [4.78, 5) is 0. The summed E-state index contributed by atoms with van der Waals surface area (Å²) in [5.74, 6) is 0.948. The van der Waals surface area contributed by atoms with E-state index in [4.69, 9.17) is 4.74 Å². The third-order valence-corrected chi connectivity index (χ3v) is 2.31. The lowest BCUT2D eigenvalue weighted by molar-refractivity contribution is 0.303.